The lowest BCUT2D eigenvalue weighted by atomic mass is 10.0. The van der Waals surface area contributed by atoms with Gasteiger partial charge in [-0.05, 0) is 19.3 Å². The molecule has 18 heavy (non-hydrogen) atoms. The van der Waals surface area contributed by atoms with Crippen LogP contribution < -0.4 is 5.73 Å². The van der Waals surface area contributed by atoms with Crippen molar-refractivity contribution < 1.29 is 14.3 Å². The van der Waals surface area contributed by atoms with Crippen LogP contribution in [0.1, 0.15) is 29.8 Å². The predicted molar refractivity (Wildman–Crippen MR) is 63.7 cm³/mol. The van der Waals surface area contributed by atoms with E-state index < -0.39 is 6.04 Å². The third-order valence-electron chi connectivity index (χ3n) is 3.07. The third kappa shape index (κ3) is 2.29. The number of H-pyrrole nitrogens is 1. The summed E-state index contributed by atoms with van der Waals surface area (Å²) in [6.45, 7) is 0.539. The van der Waals surface area contributed by atoms with Crippen molar-refractivity contribution in [2.45, 2.75) is 25.3 Å². The van der Waals surface area contributed by atoms with Crippen LogP contribution in [0.2, 0.25) is 0 Å². The molecule has 0 aliphatic carbocycles. The standard InChI is InChI=1S/C11H16N4O3/c1-18-11(17)8-4-2-3-5-15(8)10(16)7-6-9(12)14-13-7/h6,8H,2-5H2,1H3,(H3,12,13,14). The van der Waals surface area contributed by atoms with Gasteiger partial charge in [-0.25, -0.2) is 4.79 Å². The number of likely N-dealkylation sites (tertiary alicyclic amines) is 1. The summed E-state index contributed by atoms with van der Waals surface area (Å²) < 4.78 is 4.73. The van der Waals surface area contributed by atoms with Crippen molar-refractivity contribution in [3.8, 4) is 0 Å². The molecule has 1 amide bonds. The molecular formula is C11H16N4O3. The van der Waals surface area contributed by atoms with Crippen LogP contribution in [0.25, 0.3) is 0 Å². The summed E-state index contributed by atoms with van der Waals surface area (Å²) in [6.07, 6.45) is 2.42. The van der Waals surface area contributed by atoms with E-state index >= 15 is 0 Å². The average molecular weight is 252 g/mol. The zero-order chi connectivity index (χ0) is 13.1. The van der Waals surface area contributed by atoms with E-state index in [0.717, 1.165) is 12.8 Å². The second-order valence-corrected chi connectivity index (χ2v) is 4.24. The van der Waals surface area contributed by atoms with Gasteiger partial charge >= 0.3 is 5.97 Å². The van der Waals surface area contributed by atoms with Crippen LogP contribution in [0.4, 0.5) is 5.82 Å². The molecule has 1 saturated heterocycles. The van der Waals surface area contributed by atoms with E-state index in [1.807, 2.05) is 0 Å². The van der Waals surface area contributed by atoms with Crippen molar-refractivity contribution in [1.29, 1.82) is 0 Å². The lowest BCUT2D eigenvalue weighted by Crippen LogP contribution is -2.48. The molecule has 2 heterocycles. The van der Waals surface area contributed by atoms with Gasteiger partial charge in [-0.1, -0.05) is 0 Å². The molecule has 0 spiro atoms. The van der Waals surface area contributed by atoms with Gasteiger partial charge in [-0.3, -0.25) is 9.89 Å². The fraction of sp³-hybridized carbons (Fsp3) is 0.545. The van der Waals surface area contributed by atoms with Crippen molar-refractivity contribution in [3.05, 3.63) is 11.8 Å². The number of nitrogens with zero attached hydrogens (tertiary/aromatic N) is 2. The van der Waals surface area contributed by atoms with Crippen LogP contribution in [-0.2, 0) is 9.53 Å². The molecule has 1 aromatic heterocycles. The van der Waals surface area contributed by atoms with E-state index in [0.29, 0.717) is 18.7 Å². The molecule has 0 radical (unpaired) electrons. The molecule has 2 rings (SSSR count). The molecule has 0 aromatic carbocycles. The average Bonchev–Trinajstić information content (AvgIpc) is 2.83. The van der Waals surface area contributed by atoms with Crippen molar-refractivity contribution in [1.82, 2.24) is 15.1 Å². The summed E-state index contributed by atoms with van der Waals surface area (Å²) in [4.78, 5) is 25.4. The number of nitrogen functional groups attached to an aromatic ring is 1. The number of amides is 1. The van der Waals surface area contributed by atoms with E-state index in [-0.39, 0.29) is 17.7 Å². The summed E-state index contributed by atoms with van der Waals surface area (Å²) in [5.74, 6) is -0.394. The maximum atomic E-state index is 12.2. The molecule has 1 aromatic rings. The Labute approximate surface area is 104 Å². The summed E-state index contributed by atoms with van der Waals surface area (Å²) >= 11 is 0. The SMILES string of the molecule is COC(=O)C1CCCCN1C(=O)c1cc(N)n[nH]1. The number of piperidine rings is 1. The van der Waals surface area contributed by atoms with Gasteiger partial charge in [0.1, 0.15) is 17.6 Å². The number of ether oxygens (including phenoxy) is 1. The van der Waals surface area contributed by atoms with Crippen LogP contribution in [-0.4, -0.2) is 46.7 Å². The number of rotatable bonds is 2. The summed E-state index contributed by atoms with van der Waals surface area (Å²) in [7, 11) is 1.33. The van der Waals surface area contributed by atoms with Crippen LogP contribution in [0.15, 0.2) is 6.07 Å². The number of carbonyl (C=O) groups excluding carboxylic acids is 2. The molecule has 1 atom stereocenters. The largest absolute Gasteiger partial charge is 0.467 e. The van der Waals surface area contributed by atoms with E-state index in [4.69, 9.17) is 10.5 Å². The molecule has 1 unspecified atom stereocenters. The molecule has 7 nitrogen and oxygen atoms in total. The number of esters is 1. The number of carbonyl (C=O) groups is 2. The van der Waals surface area contributed by atoms with Crippen LogP contribution >= 0.6 is 0 Å². The first-order valence-electron chi connectivity index (χ1n) is 5.83. The van der Waals surface area contributed by atoms with Crippen molar-refractivity contribution in [3.63, 3.8) is 0 Å². The monoisotopic (exact) mass is 252 g/mol. The number of nitrogens with one attached hydrogen (secondary N) is 1. The fourth-order valence-electron chi connectivity index (χ4n) is 2.16. The van der Waals surface area contributed by atoms with Crippen molar-refractivity contribution >= 4 is 17.7 Å². The molecule has 1 aliphatic rings. The Hall–Kier alpha value is -2.05. The highest BCUT2D eigenvalue weighted by molar-refractivity contribution is 5.95. The first-order chi connectivity index (χ1) is 8.63. The highest BCUT2D eigenvalue weighted by Crippen LogP contribution is 2.20. The summed E-state index contributed by atoms with van der Waals surface area (Å²) in [6, 6.07) is 0.950. The predicted octanol–water partition coefficient (Wildman–Crippen LogP) is 0.160. The van der Waals surface area contributed by atoms with E-state index in [2.05, 4.69) is 10.2 Å². The zero-order valence-electron chi connectivity index (χ0n) is 10.2. The Morgan fingerprint density at radius 2 is 2.33 bits per heavy atom. The van der Waals surface area contributed by atoms with Gasteiger partial charge in [0.25, 0.3) is 5.91 Å². The van der Waals surface area contributed by atoms with Gasteiger partial charge in [0.05, 0.1) is 7.11 Å². The Morgan fingerprint density at radius 3 is 2.94 bits per heavy atom. The topological polar surface area (TPSA) is 101 Å². The smallest absolute Gasteiger partial charge is 0.328 e. The number of hydrogen-bond donors (Lipinski definition) is 2. The van der Waals surface area contributed by atoms with Crippen molar-refractivity contribution in [2.24, 2.45) is 0 Å². The molecule has 1 fully saturated rings. The quantitative estimate of drug-likeness (QED) is 0.730. The molecule has 0 bridgehead atoms. The van der Waals surface area contributed by atoms with Gasteiger partial charge in [0.2, 0.25) is 0 Å². The molecule has 7 heteroatoms. The lowest BCUT2D eigenvalue weighted by molar-refractivity contribution is -0.147. The molecule has 1 aliphatic heterocycles. The summed E-state index contributed by atoms with van der Waals surface area (Å²) in [5, 5.41) is 6.27. The number of aromatic amines is 1. The number of nitrogens with two attached hydrogens (primary N) is 1. The molecular weight excluding hydrogens is 236 g/mol. The maximum Gasteiger partial charge on any atom is 0.328 e. The first kappa shape index (κ1) is 12.4. The first-order valence-corrected chi connectivity index (χ1v) is 5.83. The fourth-order valence-corrected chi connectivity index (χ4v) is 2.16. The van der Waals surface area contributed by atoms with Crippen LogP contribution in [0.3, 0.4) is 0 Å². The van der Waals surface area contributed by atoms with Gasteiger partial charge in [-0.2, -0.15) is 5.10 Å². The minimum atomic E-state index is -0.513. The second kappa shape index (κ2) is 5.07. The Morgan fingerprint density at radius 1 is 1.56 bits per heavy atom. The number of methoxy groups -OCH3 is 1. The Kier molecular flexibility index (Phi) is 3.50. The molecule has 3 N–H and O–H groups in total. The van der Waals surface area contributed by atoms with E-state index in [1.54, 1.807) is 0 Å². The highest BCUT2D eigenvalue weighted by atomic mass is 16.5. The minimum Gasteiger partial charge on any atom is -0.467 e. The lowest BCUT2D eigenvalue weighted by Gasteiger charge is -2.33. The number of hydrogen-bond acceptors (Lipinski definition) is 5. The van der Waals surface area contributed by atoms with Crippen LogP contribution in [0.5, 0.6) is 0 Å². The van der Waals surface area contributed by atoms with E-state index in [1.165, 1.54) is 18.1 Å². The molecule has 0 saturated carbocycles. The Balaban J connectivity index is 2.18. The van der Waals surface area contributed by atoms with Crippen molar-refractivity contribution in [2.75, 3.05) is 19.4 Å². The zero-order valence-corrected chi connectivity index (χ0v) is 10.2. The highest BCUT2D eigenvalue weighted by Gasteiger charge is 2.33. The maximum absolute atomic E-state index is 12.2. The van der Waals surface area contributed by atoms with Gasteiger partial charge in [0.15, 0.2) is 0 Å². The number of anilines is 1. The summed E-state index contributed by atoms with van der Waals surface area (Å²) in [5.41, 5.74) is 5.76. The second-order valence-electron chi connectivity index (χ2n) is 4.24. The van der Waals surface area contributed by atoms with Gasteiger partial charge < -0.3 is 15.4 Å². The number of aromatic nitrogens is 2. The normalized spacial score (nSPS) is 19.6. The molecule has 98 valence electrons. The van der Waals surface area contributed by atoms with Crippen LogP contribution in [0, 0.1) is 0 Å². The van der Waals surface area contributed by atoms with E-state index in [9.17, 15) is 9.59 Å². The Bertz CT molecular complexity index is 457. The van der Waals surface area contributed by atoms with Gasteiger partial charge in [0, 0.05) is 12.6 Å². The van der Waals surface area contributed by atoms with Gasteiger partial charge in [-0.15, -0.1) is 0 Å². The minimum absolute atomic E-state index is 0.255. The third-order valence-corrected chi connectivity index (χ3v) is 3.07.